The summed E-state index contributed by atoms with van der Waals surface area (Å²) < 4.78 is 27.0. The van der Waals surface area contributed by atoms with Gasteiger partial charge >= 0.3 is 0 Å². The van der Waals surface area contributed by atoms with Gasteiger partial charge in [0, 0.05) is 17.7 Å². The molecular formula is C18H22N3O4S+. The fraction of sp³-hybridized carbons (Fsp3) is 0.333. The van der Waals surface area contributed by atoms with Crippen molar-refractivity contribution in [3.63, 3.8) is 0 Å². The van der Waals surface area contributed by atoms with Gasteiger partial charge in [0.25, 0.3) is 5.69 Å². The van der Waals surface area contributed by atoms with E-state index in [9.17, 15) is 18.5 Å². The first-order valence-electron chi connectivity index (χ1n) is 8.54. The van der Waals surface area contributed by atoms with E-state index in [4.69, 9.17) is 0 Å². The molecule has 1 N–H and O–H groups in total. The van der Waals surface area contributed by atoms with Gasteiger partial charge in [-0.05, 0) is 19.1 Å². The summed E-state index contributed by atoms with van der Waals surface area (Å²) in [7, 11) is -3.62. The van der Waals surface area contributed by atoms with E-state index < -0.39 is 14.9 Å². The monoisotopic (exact) mass is 376 g/mol. The van der Waals surface area contributed by atoms with Crippen molar-refractivity contribution >= 4 is 15.7 Å². The summed E-state index contributed by atoms with van der Waals surface area (Å²) in [5, 5.41) is 10.7. The van der Waals surface area contributed by atoms with Gasteiger partial charge in [-0.2, -0.15) is 4.31 Å². The molecule has 1 saturated heterocycles. The molecule has 1 aliphatic heterocycles. The number of nitrogens with one attached hydrogen (secondary N) is 1. The van der Waals surface area contributed by atoms with Crippen LogP contribution in [-0.2, 0) is 10.0 Å². The van der Waals surface area contributed by atoms with Crippen molar-refractivity contribution < 1.29 is 18.2 Å². The Labute approximate surface area is 153 Å². The van der Waals surface area contributed by atoms with Crippen LogP contribution in [-0.4, -0.2) is 43.8 Å². The Hall–Kier alpha value is -2.29. The molecule has 7 nitrogen and oxygen atoms in total. The molecule has 8 heteroatoms. The summed E-state index contributed by atoms with van der Waals surface area (Å²) in [4.78, 5) is 11.6. The number of hydrogen-bond donors (Lipinski definition) is 1. The second-order valence-electron chi connectivity index (χ2n) is 6.45. The van der Waals surface area contributed by atoms with Gasteiger partial charge in [0.15, 0.2) is 0 Å². The zero-order valence-electron chi connectivity index (χ0n) is 14.5. The minimum Gasteiger partial charge on any atom is -0.327 e. The van der Waals surface area contributed by atoms with Gasteiger partial charge in [-0.1, -0.05) is 30.3 Å². The standard InChI is InChI=1S/C18H21N3O4S/c1-15(16-5-3-2-4-6-16)19-11-13-20(14-12-19)26(24,25)18-9-7-17(8-10-18)21(22)23/h2-10,15H,11-14H2,1H3/p+1/t15-/m1/s1. The van der Waals surface area contributed by atoms with Gasteiger partial charge in [-0.25, -0.2) is 8.42 Å². The molecule has 0 spiro atoms. The summed E-state index contributed by atoms with van der Waals surface area (Å²) in [6.45, 7) is 4.48. The van der Waals surface area contributed by atoms with Crippen LogP contribution in [0.15, 0.2) is 59.5 Å². The molecule has 138 valence electrons. The first-order valence-corrected chi connectivity index (χ1v) is 9.98. The molecule has 1 fully saturated rings. The molecule has 1 atom stereocenters. The quantitative estimate of drug-likeness (QED) is 0.629. The maximum Gasteiger partial charge on any atom is 0.269 e. The highest BCUT2D eigenvalue weighted by Gasteiger charge is 2.32. The maximum absolute atomic E-state index is 12.8. The van der Waals surface area contributed by atoms with Crippen molar-refractivity contribution in [2.24, 2.45) is 0 Å². The highest BCUT2D eigenvalue weighted by molar-refractivity contribution is 7.89. The zero-order valence-corrected chi connectivity index (χ0v) is 15.4. The number of non-ortho nitro benzene ring substituents is 1. The minimum atomic E-state index is -3.62. The number of hydrogen-bond acceptors (Lipinski definition) is 4. The summed E-state index contributed by atoms with van der Waals surface area (Å²) in [5.74, 6) is 0. The van der Waals surface area contributed by atoms with Crippen LogP contribution in [0.5, 0.6) is 0 Å². The van der Waals surface area contributed by atoms with E-state index in [2.05, 4.69) is 19.1 Å². The summed E-state index contributed by atoms with van der Waals surface area (Å²) in [5.41, 5.74) is 1.13. The molecule has 0 aliphatic carbocycles. The van der Waals surface area contributed by atoms with E-state index in [-0.39, 0.29) is 10.6 Å². The Morgan fingerprint density at radius 3 is 2.15 bits per heavy atom. The lowest BCUT2D eigenvalue weighted by Gasteiger charge is -2.34. The maximum atomic E-state index is 12.8. The molecule has 0 amide bonds. The van der Waals surface area contributed by atoms with E-state index >= 15 is 0 Å². The number of rotatable bonds is 5. The Bertz CT molecular complexity index is 861. The predicted molar refractivity (Wildman–Crippen MR) is 97.4 cm³/mol. The van der Waals surface area contributed by atoms with Crippen LogP contribution < -0.4 is 4.90 Å². The first kappa shape index (κ1) is 18.5. The lowest BCUT2D eigenvalue weighted by Crippen LogP contribution is -3.14. The molecule has 2 aromatic rings. The second kappa shape index (κ2) is 7.53. The molecule has 26 heavy (non-hydrogen) atoms. The van der Waals surface area contributed by atoms with Crippen molar-refractivity contribution in [1.29, 1.82) is 0 Å². The summed E-state index contributed by atoms with van der Waals surface area (Å²) in [6.07, 6.45) is 0. The van der Waals surface area contributed by atoms with Crippen molar-refractivity contribution in [2.75, 3.05) is 26.2 Å². The zero-order chi connectivity index (χ0) is 18.7. The van der Waals surface area contributed by atoms with Gasteiger partial charge in [0.1, 0.15) is 6.04 Å². The molecule has 0 saturated carbocycles. The fourth-order valence-electron chi connectivity index (χ4n) is 3.31. The topological polar surface area (TPSA) is 85.0 Å². The van der Waals surface area contributed by atoms with E-state index in [0.717, 1.165) is 13.1 Å². The Kier molecular flexibility index (Phi) is 5.36. The van der Waals surface area contributed by atoms with Gasteiger partial charge < -0.3 is 4.90 Å². The summed E-state index contributed by atoms with van der Waals surface area (Å²) >= 11 is 0. The molecular weight excluding hydrogens is 354 g/mol. The SMILES string of the molecule is C[C@H](c1ccccc1)[NH+]1CCN(S(=O)(=O)c2ccc([N+](=O)[O-])cc2)CC1. The molecule has 0 unspecified atom stereocenters. The van der Waals surface area contributed by atoms with Gasteiger partial charge in [0.05, 0.1) is 36.0 Å². The number of quaternary nitrogens is 1. The molecule has 3 rings (SSSR count). The number of sulfonamides is 1. The van der Waals surface area contributed by atoms with Crippen molar-refractivity contribution in [3.8, 4) is 0 Å². The van der Waals surface area contributed by atoms with Crippen LogP contribution in [0.3, 0.4) is 0 Å². The normalized spacial score (nSPS) is 17.7. The van der Waals surface area contributed by atoms with E-state index in [1.54, 1.807) is 0 Å². The van der Waals surface area contributed by atoms with Crippen LogP contribution in [0, 0.1) is 10.1 Å². The molecule has 0 bridgehead atoms. The van der Waals surface area contributed by atoms with Crippen LogP contribution in [0.2, 0.25) is 0 Å². The van der Waals surface area contributed by atoms with E-state index in [1.165, 1.54) is 39.0 Å². The Morgan fingerprint density at radius 2 is 1.62 bits per heavy atom. The highest BCUT2D eigenvalue weighted by atomic mass is 32.2. The van der Waals surface area contributed by atoms with Gasteiger partial charge in [-0.15, -0.1) is 0 Å². The number of piperazine rings is 1. The summed E-state index contributed by atoms with van der Waals surface area (Å²) in [6, 6.07) is 15.6. The Balaban J connectivity index is 1.67. The largest absolute Gasteiger partial charge is 0.327 e. The minimum absolute atomic E-state index is 0.0997. The molecule has 1 heterocycles. The first-order chi connectivity index (χ1) is 12.4. The third-order valence-electron chi connectivity index (χ3n) is 4.96. The third-order valence-corrected chi connectivity index (χ3v) is 6.87. The molecule has 0 aromatic heterocycles. The second-order valence-corrected chi connectivity index (χ2v) is 8.38. The van der Waals surface area contributed by atoms with Crippen molar-refractivity contribution in [2.45, 2.75) is 17.9 Å². The number of benzene rings is 2. The van der Waals surface area contributed by atoms with Crippen molar-refractivity contribution in [1.82, 2.24) is 4.31 Å². The van der Waals surface area contributed by atoms with E-state index in [0.29, 0.717) is 19.1 Å². The third kappa shape index (κ3) is 3.77. The van der Waals surface area contributed by atoms with E-state index in [1.807, 2.05) is 18.2 Å². The molecule has 1 aliphatic rings. The smallest absolute Gasteiger partial charge is 0.269 e. The molecule has 2 aromatic carbocycles. The lowest BCUT2D eigenvalue weighted by atomic mass is 10.1. The lowest BCUT2D eigenvalue weighted by molar-refractivity contribution is -0.933. The van der Waals surface area contributed by atoms with Crippen LogP contribution in [0.25, 0.3) is 0 Å². The average Bonchev–Trinajstić information content (AvgIpc) is 2.68. The fourth-order valence-corrected chi connectivity index (χ4v) is 4.75. The van der Waals surface area contributed by atoms with Crippen LogP contribution >= 0.6 is 0 Å². The number of nitro groups is 1. The number of nitro benzene ring substituents is 1. The average molecular weight is 376 g/mol. The highest BCUT2D eigenvalue weighted by Crippen LogP contribution is 2.20. The van der Waals surface area contributed by atoms with Crippen molar-refractivity contribution in [3.05, 3.63) is 70.3 Å². The number of nitrogens with zero attached hydrogens (tertiary/aromatic N) is 2. The van der Waals surface area contributed by atoms with Crippen LogP contribution in [0.4, 0.5) is 5.69 Å². The molecule has 0 radical (unpaired) electrons. The van der Waals surface area contributed by atoms with Gasteiger partial charge in [-0.3, -0.25) is 10.1 Å². The van der Waals surface area contributed by atoms with Crippen LogP contribution in [0.1, 0.15) is 18.5 Å². The predicted octanol–water partition coefficient (Wildman–Crippen LogP) is 1.25. The van der Waals surface area contributed by atoms with Gasteiger partial charge in [0.2, 0.25) is 10.0 Å². The Morgan fingerprint density at radius 1 is 1.04 bits per heavy atom.